The van der Waals surface area contributed by atoms with Gasteiger partial charge in [0.05, 0.1) is 5.70 Å². The molecule has 0 aliphatic heterocycles. The maximum atomic E-state index is 10.9. The zero-order valence-electron chi connectivity index (χ0n) is 5.81. The van der Waals surface area contributed by atoms with E-state index in [1.165, 1.54) is 0 Å². The second-order valence-corrected chi connectivity index (χ2v) is 2.71. The lowest BCUT2D eigenvalue weighted by Gasteiger charge is -2.04. The van der Waals surface area contributed by atoms with Crippen LogP contribution in [0.25, 0.3) is 0 Å². The van der Waals surface area contributed by atoms with Gasteiger partial charge in [0.1, 0.15) is 0 Å². The van der Waals surface area contributed by atoms with Crippen molar-refractivity contribution in [3.63, 3.8) is 0 Å². The molecule has 0 radical (unpaired) electrons. The molecule has 12 heavy (non-hydrogen) atoms. The van der Waals surface area contributed by atoms with Crippen LogP contribution < -0.4 is 4.72 Å². The van der Waals surface area contributed by atoms with Gasteiger partial charge in [0, 0.05) is 6.08 Å². The number of hydrogen-bond donors (Lipinski definition) is 2. The quantitative estimate of drug-likeness (QED) is 0.442. The summed E-state index contributed by atoms with van der Waals surface area (Å²) < 4.78 is 20.5. The third kappa shape index (κ3) is 2.11. The molecular formula is C6H5NO4S. The average Bonchev–Trinajstić information content (AvgIpc) is 1.96. The Balaban J connectivity index is 2.81. The van der Waals surface area contributed by atoms with Crippen molar-refractivity contribution in [2.24, 2.45) is 0 Å². The molecule has 0 amide bonds. The van der Waals surface area contributed by atoms with Crippen LogP contribution in [-0.2, 0) is 20.9 Å². The van der Waals surface area contributed by atoms with E-state index in [1.807, 2.05) is 4.72 Å². The molecule has 0 aromatic rings. The lowest BCUT2D eigenvalue weighted by Crippen LogP contribution is -2.23. The molecule has 0 fully saturated rings. The van der Waals surface area contributed by atoms with Gasteiger partial charge in [-0.1, -0.05) is 0 Å². The minimum absolute atomic E-state index is 0.164. The Morgan fingerprint density at radius 3 is 2.58 bits per heavy atom. The van der Waals surface area contributed by atoms with Crippen molar-refractivity contribution < 1.29 is 18.4 Å². The zero-order valence-corrected chi connectivity index (χ0v) is 6.63. The summed E-state index contributed by atoms with van der Waals surface area (Å²) in [6, 6.07) is 0. The first-order valence-corrected chi connectivity index (χ1v) is 4.06. The number of carbonyl (C=O) groups excluding carboxylic acids is 2. The van der Waals surface area contributed by atoms with Crippen molar-refractivity contribution in [1.82, 2.24) is 4.72 Å². The van der Waals surface area contributed by atoms with E-state index in [4.69, 9.17) is 4.55 Å². The van der Waals surface area contributed by atoms with E-state index in [2.05, 4.69) is 0 Å². The normalized spacial score (nSPS) is 18.9. The highest BCUT2D eigenvalue weighted by molar-refractivity contribution is 7.77. The first-order chi connectivity index (χ1) is 5.59. The zero-order chi connectivity index (χ0) is 9.14. The lowest BCUT2D eigenvalue weighted by molar-refractivity contribution is -0.114. The van der Waals surface area contributed by atoms with Crippen molar-refractivity contribution >= 4 is 22.8 Å². The van der Waals surface area contributed by atoms with E-state index in [-0.39, 0.29) is 11.5 Å². The highest BCUT2D eigenvalue weighted by Crippen LogP contribution is 2.01. The molecule has 2 N–H and O–H groups in total. The van der Waals surface area contributed by atoms with Crippen molar-refractivity contribution in [1.29, 1.82) is 0 Å². The predicted octanol–water partition coefficient (Wildman–Crippen LogP) is -0.695. The monoisotopic (exact) mass is 187 g/mol. The molecule has 64 valence electrons. The molecule has 6 heteroatoms. The SMILES string of the molecule is O=C1C=CC(=O)C(NS(=O)O)=C1. The Kier molecular flexibility index (Phi) is 2.51. The Hall–Kier alpha value is -1.27. The highest BCUT2D eigenvalue weighted by atomic mass is 32.2. The van der Waals surface area contributed by atoms with Gasteiger partial charge >= 0.3 is 0 Å². The van der Waals surface area contributed by atoms with Gasteiger partial charge in [-0.15, -0.1) is 0 Å². The number of nitrogens with one attached hydrogen (secondary N) is 1. The fourth-order valence-corrected chi connectivity index (χ4v) is 1.03. The van der Waals surface area contributed by atoms with Gasteiger partial charge in [-0.2, -0.15) is 0 Å². The number of carbonyl (C=O) groups is 2. The summed E-state index contributed by atoms with van der Waals surface area (Å²) in [4.78, 5) is 21.5. The highest BCUT2D eigenvalue weighted by Gasteiger charge is 2.13. The molecule has 0 saturated carbocycles. The van der Waals surface area contributed by atoms with Crippen LogP contribution in [0.2, 0.25) is 0 Å². The molecular weight excluding hydrogens is 182 g/mol. The summed E-state index contributed by atoms with van der Waals surface area (Å²) in [5.41, 5.74) is -0.164. The summed E-state index contributed by atoms with van der Waals surface area (Å²) >= 11 is -2.32. The smallest absolute Gasteiger partial charge is 0.259 e. The largest absolute Gasteiger partial charge is 0.290 e. The van der Waals surface area contributed by atoms with Gasteiger partial charge < -0.3 is 0 Å². The van der Waals surface area contributed by atoms with Gasteiger partial charge in [0.25, 0.3) is 11.3 Å². The van der Waals surface area contributed by atoms with E-state index in [1.54, 1.807) is 0 Å². The number of allylic oxidation sites excluding steroid dienone is 3. The van der Waals surface area contributed by atoms with Crippen molar-refractivity contribution in [3.8, 4) is 0 Å². The van der Waals surface area contributed by atoms with Crippen molar-refractivity contribution in [2.75, 3.05) is 0 Å². The van der Waals surface area contributed by atoms with Crippen molar-refractivity contribution in [3.05, 3.63) is 23.9 Å². The van der Waals surface area contributed by atoms with Crippen LogP contribution in [0.4, 0.5) is 0 Å². The molecule has 0 aromatic heterocycles. The van der Waals surface area contributed by atoms with Crippen LogP contribution in [0.5, 0.6) is 0 Å². The molecule has 1 atom stereocenters. The second-order valence-electron chi connectivity index (χ2n) is 2.01. The fourth-order valence-electron chi connectivity index (χ4n) is 0.683. The third-order valence-electron chi connectivity index (χ3n) is 1.15. The van der Waals surface area contributed by atoms with Gasteiger partial charge in [-0.25, -0.2) is 4.21 Å². The number of ketones is 2. The Morgan fingerprint density at radius 1 is 1.33 bits per heavy atom. The molecule has 1 rings (SSSR count). The van der Waals surface area contributed by atoms with E-state index in [0.29, 0.717) is 0 Å². The molecule has 0 heterocycles. The number of rotatable bonds is 2. The van der Waals surface area contributed by atoms with Gasteiger partial charge in [0.15, 0.2) is 5.78 Å². The molecule has 0 aromatic carbocycles. The lowest BCUT2D eigenvalue weighted by atomic mass is 10.1. The maximum Gasteiger partial charge on any atom is 0.259 e. The summed E-state index contributed by atoms with van der Waals surface area (Å²) in [6.45, 7) is 0. The van der Waals surface area contributed by atoms with E-state index >= 15 is 0 Å². The Bertz CT molecular complexity index is 318. The minimum Gasteiger partial charge on any atom is -0.290 e. The predicted molar refractivity (Wildman–Crippen MR) is 41.1 cm³/mol. The van der Waals surface area contributed by atoms with Crippen LogP contribution in [0.15, 0.2) is 23.9 Å². The van der Waals surface area contributed by atoms with Crippen LogP contribution >= 0.6 is 0 Å². The minimum atomic E-state index is -2.32. The van der Waals surface area contributed by atoms with Gasteiger partial charge in [-0.3, -0.25) is 18.9 Å². The van der Waals surface area contributed by atoms with Crippen molar-refractivity contribution in [2.45, 2.75) is 0 Å². The molecule has 1 unspecified atom stereocenters. The molecule has 0 spiro atoms. The van der Waals surface area contributed by atoms with E-state index in [0.717, 1.165) is 18.2 Å². The second kappa shape index (κ2) is 3.42. The van der Waals surface area contributed by atoms with E-state index in [9.17, 15) is 13.8 Å². The molecule has 1 aliphatic carbocycles. The molecule has 0 saturated heterocycles. The maximum absolute atomic E-state index is 10.9. The topological polar surface area (TPSA) is 83.5 Å². The first kappa shape index (κ1) is 8.82. The van der Waals surface area contributed by atoms with Crippen LogP contribution in [-0.4, -0.2) is 20.3 Å². The van der Waals surface area contributed by atoms with Gasteiger partial charge in [-0.05, 0) is 12.2 Å². The third-order valence-corrected chi connectivity index (χ3v) is 1.54. The summed E-state index contributed by atoms with van der Waals surface area (Å²) in [7, 11) is 0. The molecule has 1 aliphatic rings. The summed E-state index contributed by atoms with van der Waals surface area (Å²) in [5.74, 6) is -0.875. The Morgan fingerprint density at radius 2 is 2.00 bits per heavy atom. The average molecular weight is 187 g/mol. The standard InChI is InChI=1S/C6H5NO4S/c8-4-1-2-6(9)5(3-4)7-12(10)11/h1-3,7H,(H,10,11). The molecule has 5 nitrogen and oxygen atoms in total. The fraction of sp³-hybridized carbons (Fsp3) is 0. The van der Waals surface area contributed by atoms with Crippen LogP contribution in [0, 0.1) is 0 Å². The van der Waals surface area contributed by atoms with Crippen LogP contribution in [0.1, 0.15) is 0 Å². The van der Waals surface area contributed by atoms with E-state index < -0.39 is 17.0 Å². The first-order valence-electron chi connectivity index (χ1n) is 2.95. The molecule has 0 bridgehead atoms. The van der Waals surface area contributed by atoms with Crippen LogP contribution in [0.3, 0.4) is 0 Å². The van der Waals surface area contributed by atoms with Gasteiger partial charge in [0.2, 0.25) is 5.78 Å². The summed E-state index contributed by atoms with van der Waals surface area (Å²) in [6.07, 6.45) is 3.10. The number of hydrogen-bond acceptors (Lipinski definition) is 3. The summed E-state index contributed by atoms with van der Waals surface area (Å²) in [5, 5.41) is 0. The Labute approximate surface area is 70.6 Å².